The molecule has 0 unspecified atom stereocenters. The van der Waals surface area contributed by atoms with Gasteiger partial charge in [0.1, 0.15) is 0 Å². The first-order valence-electron chi connectivity index (χ1n) is 4.98. The summed E-state index contributed by atoms with van der Waals surface area (Å²) in [6.45, 7) is 0.578. The van der Waals surface area contributed by atoms with Crippen LogP contribution in [0.5, 0.6) is 0 Å². The van der Waals surface area contributed by atoms with E-state index >= 15 is 0 Å². The summed E-state index contributed by atoms with van der Waals surface area (Å²) in [4.78, 5) is 0. The second kappa shape index (κ2) is 4.85. The zero-order valence-electron chi connectivity index (χ0n) is 9.18. The van der Waals surface area contributed by atoms with Crippen LogP contribution in [0.25, 0.3) is 0 Å². The van der Waals surface area contributed by atoms with Crippen LogP contribution in [0.1, 0.15) is 11.3 Å². The molecule has 0 fully saturated rings. The van der Waals surface area contributed by atoms with Gasteiger partial charge >= 0.3 is 0 Å². The molecule has 5 nitrogen and oxygen atoms in total. The molecule has 0 aliphatic carbocycles. The second-order valence-electron chi connectivity index (χ2n) is 3.51. The van der Waals surface area contributed by atoms with Crippen molar-refractivity contribution in [2.24, 2.45) is 7.05 Å². The highest BCUT2D eigenvalue weighted by Crippen LogP contribution is 2.23. The average molecular weight is 248 g/mol. The lowest BCUT2D eigenvalue weighted by Crippen LogP contribution is -2.05. The van der Waals surface area contributed by atoms with Crippen molar-refractivity contribution < 1.29 is 0 Å². The Labute approximate surface area is 104 Å². The highest BCUT2D eigenvalue weighted by molar-refractivity contribution is 6.33. The summed E-state index contributed by atoms with van der Waals surface area (Å²) in [5, 5.41) is 20.0. The van der Waals surface area contributed by atoms with Crippen LogP contribution in [-0.4, -0.2) is 15.0 Å². The number of halogens is 1. The maximum Gasteiger partial charge on any atom is 0.0992 e. The quantitative estimate of drug-likeness (QED) is 0.900. The number of nitriles is 1. The summed E-state index contributed by atoms with van der Waals surface area (Å²) in [5.41, 5.74) is 2.28. The minimum absolute atomic E-state index is 0.527. The molecule has 6 heteroatoms. The van der Waals surface area contributed by atoms with Crippen molar-refractivity contribution in [2.75, 3.05) is 5.32 Å². The standard InChI is InChI=1S/C11H10ClN5/c1-17-9(7-15-16-17)6-14-11-3-2-8(5-13)4-10(11)12/h2-4,7,14H,6H2,1H3. The number of hydrogen-bond acceptors (Lipinski definition) is 4. The molecule has 1 aromatic carbocycles. The summed E-state index contributed by atoms with van der Waals surface area (Å²) in [6.07, 6.45) is 1.69. The SMILES string of the molecule is Cn1nncc1CNc1ccc(C#N)cc1Cl. The number of aryl methyl sites for hydroxylation is 1. The number of nitrogens with zero attached hydrogens (tertiary/aromatic N) is 4. The first-order chi connectivity index (χ1) is 8.20. The summed E-state index contributed by atoms with van der Waals surface area (Å²) < 4.78 is 1.69. The molecule has 0 saturated heterocycles. The van der Waals surface area contributed by atoms with E-state index in [-0.39, 0.29) is 0 Å². The molecule has 0 radical (unpaired) electrons. The number of rotatable bonds is 3. The Kier molecular flexibility index (Phi) is 3.26. The fourth-order valence-electron chi connectivity index (χ4n) is 1.38. The first kappa shape index (κ1) is 11.4. The van der Waals surface area contributed by atoms with Gasteiger partial charge in [0.25, 0.3) is 0 Å². The van der Waals surface area contributed by atoms with E-state index < -0.39 is 0 Å². The van der Waals surface area contributed by atoms with E-state index in [0.29, 0.717) is 17.1 Å². The largest absolute Gasteiger partial charge is 0.378 e. The Morgan fingerprint density at radius 3 is 2.94 bits per heavy atom. The molecule has 0 saturated carbocycles. The van der Waals surface area contributed by atoms with Gasteiger partial charge in [-0.25, -0.2) is 0 Å². The predicted molar refractivity (Wildman–Crippen MR) is 64.5 cm³/mol. The molecule has 1 heterocycles. The Morgan fingerprint density at radius 1 is 1.53 bits per heavy atom. The third kappa shape index (κ3) is 2.55. The van der Waals surface area contributed by atoms with Crippen LogP contribution < -0.4 is 5.32 Å². The molecule has 1 aromatic heterocycles. The summed E-state index contributed by atoms with van der Waals surface area (Å²) in [6, 6.07) is 7.17. The van der Waals surface area contributed by atoms with Crippen LogP contribution in [0.3, 0.4) is 0 Å². The van der Waals surface area contributed by atoms with Crippen molar-refractivity contribution in [3.63, 3.8) is 0 Å². The first-order valence-corrected chi connectivity index (χ1v) is 5.35. The molecule has 0 aliphatic rings. The molecule has 2 aromatic rings. The Morgan fingerprint density at radius 2 is 2.35 bits per heavy atom. The zero-order valence-corrected chi connectivity index (χ0v) is 9.94. The fourth-order valence-corrected chi connectivity index (χ4v) is 1.63. The van der Waals surface area contributed by atoms with Gasteiger partial charge in [0, 0.05) is 7.05 Å². The highest BCUT2D eigenvalue weighted by Gasteiger charge is 2.03. The third-order valence-corrected chi connectivity index (χ3v) is 2.68. The molecule has 0 bridgehead atoms. The zero-order chi connectivity index (χ0) is 12.3. The fraction of sp³-hybridized carbons (Fsp3) is 0.182. The number of benzene rings is 1. The molecule has 0 aliphatic heterocycles. The normalized spacial score (nSPS) is 9.94. The van der Waals surface area contributed by atoms with Crippen LogP contribution >= 0.6 is 11.6 Å². The van der Waals surface area contributed by atoms with Gasteiger partial charge in [0.15, 0.2) is 0 Å². The number of aromatic nitrogens is 3. The molecule has 0 amide bonds. The molecule has 2 rings (SSSR count). The van der Waals surface area contributed by atoms with Crippen LogP contribution in [-0.2, 0) is 13.6 Å². The van der Waals surface area contributed by atoms with Crippen LogP contribution in [0, 0.1) is 11.3 Å². The van der Waals surface area contributed by atoms with Crippen molar-refractivity contribution in [3.05, 3.63) is 40.7 Å². The second-order valence-corrected chi connectivity index (χ2v) is 3.92. The topological polar surface area (TPSA) is 66.5 Å². The van der Waals surface area contributed by atoms with Gasteiger partial charge in [-0.1, -0.05) is 16.8 Å². The van der Waals surface area contributed by atoms with Crippen molar-refractivity contribution in [1.29, 1.82) is 5.26 Å². The molecular formula is C11H10ClN5. The maximum absolute atomic E-state index is 8.72. The summed E-state index contributed by atoms with van der Waals surface area (Å²) >= 11 is 6.04. The summed E-state index contributed by atoms with van der Waals surface area (Å²) in [7, 11) is 1.82. The Balaban J connectivity index is 2.10. The Bertz CT molecular complexity index is 569. The van der Waals surface area contributed by atoms with E-state index in [2.05, 4.69) is 15.6 Å². The molecule has 17 heavy (non-hydrogen) atoms. The van der Waals surface area contributed by atoms with E-state index in [4.69, 9.17) is 16.9 Å². The van der Waals surface area contributed by atoms with Crippen LogP contribution in [0.4, 0.5) is 5.69 Å². The van der Waals surface area contributed by atoms with E-state index in [0.717, 1.165) is 11.4 Å². The van der Waals surface area contributed by atoms with Gasteiger partial charge < -0.3 is 5.32 Å². The van der Waals surface area contributed by atoms with Gasteiger partial charge in [0.05, 0.1) is 40.8 Å². The van der Waals surface area contributed by atoms with Crippen molar-refractivity contribution in [2.45, 2.75) is 6.54 Å². The minimum Gasteiger partial charge on any atom is -0.378 e. The van der Waals surface area contributed by atoms with Gasteiger partial charge in [0.2, 0.25) is 0 Å². The number of hydrogen-bond donors (Lipinski definition) is 1. The Hall–Kier alpha value is -2.06. The van der Waals surface area contributed by atoms with Gasteiger partial charge in [-0.3, -0.25) is 4.68 Å². The third-order valence-electron chi connectivity index (χ3n) is 2.37. The van der Waals surface area contributed by atoms with Gasteiger partial charge in [-0.15, -0.1) is 5.10 Å². The smallest absolute Gasteiger partial charge is 0.0992 e. The summed E-state index contributed by atoms with van der Waals surface area (Å²) in [5.74, 6) is 0. The molecule has 86 valence electrons. The maximum atomic E-state index is 8.72. The number of anilines is 1. The van der Waals surface area contributed by atoms with Gasteiger partial charge in [-0.2, -0.15) is 5.26 Å². The van der Waals surface area contributed by atoms with Gasteiger partial charge in [-0.05, 0) is 18.2 Å². The van der Waals surface area contributed by atoms with Crippen LogP contribution in [0.15, 0.2) is 24.4 Å². The van der Waals surface area contributed by atoms with Crippen molar-refractivity contribution >= 4 is 17.3 Å². The van der Waals surface area contributed by atoms with E-state index in [9.17, 15) is 0 Å². The van der Waals surface area contributed by atoms with E-state index in [1.165, 1.54) is 0 Å². The predicted octanol–water partition coefficient (Wildman–Crippen LogP) is 1.95. The van der Waals surface area contributed by atoms with Crippen molar-refractivity contribution in [1.82, 2.24) is 15.0 Å². The van der Waals surface area contributed by atoms with E-state index in [1.807, 2.05) is 13.1 Å². The molecule has 0 atom stereocenters. The van der Waals surface area contributed by atoms with Crippen molar-refractivity contribution in [3.8, 4) is 6.07 Å². The van der Waals surface area contributed by atoms with E-state index in [1.54, 1.807) is 29.1 Å². The van der Waals surface area contributed by atoms with Crippen LogP contribution in [0.2, 0.25) is 5.02 Å². The molecular weight excluding hydrogens is 238 g/mol. The molecule has 1 N–H and O–H groups in total. The molecule has 0 spiro atoms. The minimum atomic E-state index is 0.527. The lowest BCUT2D eigenvalue weighted by molar-refractivity contribution is 0.683. The lowest BCUT2D eigenvalue weighted by atomic mass is 10.2. The highest BCUT2D eigenvalue weighted by atomic mass is 35.5. The average Bonchev–Trinajstić information content (AvgIpc) is 2.73. The monoisotopic (exact) mass is 247 g/mol. The number of nitrogens with one attached hydrogen (secondary N) is 1. The lowest BCUT2D eigenvalue weighted by Gasteiger charge is -2.08.